The molecule has 0 saturated carbocycles. The maximum atomic E-state index is 11.3. The van der Waals surface area contributed by atoms with Crippen LogP contribution in [0.3, 0.4) is 0 Å². The lowest BCUT2D eigenvalue weighted by Gasteiger charge is -2.05. The van der Waals surface area contributed by atoms with Crippen molar-refractivity contribution in [2.24, 2.45) is 0 Å². The Labute approximate surface area is 150 Å². The second-order valence-electron chi connectivity index (χ2n) is 5.16. The van der Waals surface area contributed by atoms with Crippen molar-refractivity contribution in [2.45, 2.75) is 13.5 Å². The van der Waals surface area contributed by atoms with Crippen LogP contribution in [0.1, 0.15) is 12.7 Å². The van der Waals surface area contributed by atoms with Gasteiger partial charge in [0.05, 0.1) is 22.2 Å². The standard InChI is InChI=1S/C15H18ClN3O5S/c1-2-25(22,23)18-8-7-17-10-12-4-6-15(24-12)13-5-3-11(19(20)21)9-14(13)16/h3-6,9,17-18H,2,7-8,10H2,1H3. The van der Waals surface area contributed by atoms with Crippen LogP contribution >= 0.6 is 11.6 Å². The van der Waals surface area contributed by atoms with Gasteiger partial charge < -0.3 is 9.73 Å². The second kappa shape index (κ2) is 8.43. The third-order valence-electron chi connectivity index (χ3n) is 3.39. The van der Waals surface area contributed by atoms with Crippen molar-refractivity contribution in [3.05, 3.63) is 51.2 Å². The number of benzene rings is 1. The lowest BCUT2D eigenvalue weighted by atomic mass is 10.1. The van der Waals surface area contributed by atoms with E-state index in [2.05, 4.69) is 10.0 Å². The number of non-ortho nitro benzene ring substituents is 1. The number of hydrogen-bond donors (Lipinski definition) is 2. The number of nitrogens with one attached hydrogen (secondary N) is 2. The second-order valence-corrected chi connectivity index (χ2v) is 7.66. The fourth-order valence-electron chi connectivity index (χ4n) is 2.04. The van der Waals surface area contributed by atoms with Crippen LogP contribution in [0.4, 0.5) is 5.69 Å². The fraction of sp³-hybridized carbons (Fsp3) is 0.333. The smallest absolute Gasteiger partial charge is 0.270 e. The van der Waals surface area contributed by atoms with Gasteiger partial charge in [0.15, 0.2) is 0 Å². The number of rotatable bonds is 9. The van der Waals surface area contributed by atoms with Crippen LogP contribution < -0.4 is 10.0 Å². The third-order valence-corrected chi connectivity index (χ3v) is 5.11. The summed E-state index contributed by atoms with van der Waals surface area (Å²) in [5.74, 6) is 1.19. The van der Waals surface area contributed by atoms with Gasteiger partial charge in [-0.2, -0.15) is 0 Å². The summed E-state index contributed by atoms with van der Waals surface area (Å²) < 4.78 is 30.7. The van der Waals surface area contributed by atoms with Gasteiger partial charge in [0, 0.05) is 30.8 Å². The molecule has 0 fully saturated rings. The maximum Gasteiger partial charge on any atom is 0.270 e. The van der Waals surface area contributed by atoms with E-state index in [4.69, 9.17) is 16.0 Å². The molecule has 0 amide bonds. The van der Waals surface area contributed by atoms with E-state index in [9.17, 15) is 18.5 Å². The van der Waals surface area contributed by atoms with Crippen LogP contribution in [0, 0.1) is 10.1 Å². The summed E-state index contributed by atoms with van der Waals surface area (Å²) in [6, 6.07) is 7.66. The molecule has 0 aliphatic heterocycles. The molecular formula is C15H18ClN3O5S. The van der Waals surface area contributed by atoms with Gasteiger partial charge in [0.25, 0.3) is 5.69 Å². The highest BCUT2D eigenvalue weighted by molar-refractivity contribution is 7.89. The first-order chi connectivity index (χ1) is 11.8. The van der Waals surface area contributed by atoms with Crippen molar-refractivity contribution in [1.29, 1.82) is 0 Å². The Hall–Kier alpha value is -1.94. The Morgan fingerprint density at radius 2 is 2.00 bits per heavy atom. The lowest BCUT2D eigenvalue weighted by Crippen LogP contribution is -2.32. The van der Waals surface area contributed by atoms with E-state index < -0.39 is 14.9 Å². The summed E-state index contributed by atoms with van der Waals surface area (Å²) in [5, 5.41) is 14.0. The predicted octanol–water partition coefficient (Wildman–Crippen LogP) is 2.54. The molecule has 1 heterocycles. The molecule has 25 heavy (non-hydrogen) atoms. The summed E-state index contributed by atoms with van der Waals surface area (Å²) in [7, 11) is -3.19. The highest BCUT2D eigenvalue weighted by Crippen LogP contribution is 2.32. The first kappa shape index (κ1) is 19.4. The number of halogens is 1. The molecule has 10 heteroatoms. The molecule has 2 aromatic rings. The molecule has 0 bridgehead atoms. The average Bonchev–Trinajstić information content (AvgIpc) is 3.02. The largest absolute Gasteiger partial charge is 0.460 e. The third kappa shape index (κ3) is 5.53. The quantitative estimate of drug-likeness (QED) is 0.388. The number of furan rings is 1. The van der Waals surface area contributed by atoms with Crippen LogP contribution in [0.15, 0.2) is 34.7 Å². The fourth-order valence-corrected chi connectivity index (χ4v) is 2.93. The molecule has 0 aliphatic carbocycles. The topological polar surface area (TPSA) is 114 Å². The Balaban J connectivity index is 1.91. The van der Waals surface area contributed by atoms with Crippen molar-refractivity contribution in [3.63, 3.8) is 0 Å². The SMILES string of the molecule is CCS(=O)(=O)NCCNCc1ccc(-c2ccc([N+](=O)[O-])cc2Cl)o1. The molecular weight excluding hydrogens is 370 g/mol. The number of nitrogens with zero attached hydrogens (tertiary/aromatic N) is 1. The number of hydrogen-bond acceptors (Lipinski definition) is 6. The zero-order valence-corrected chi connectivity index (χ0v) is 15.1. The van der Waals surface area contributed by atoms with E-state index in [-0.39, 0.29) is 23.0 Å². The number of nitro groups is 1. The van der Waals surface area contributed by atoms with Crippen molar-refractivity contribution in [2.75, 3.05) is 18.8 Å². The molecule has 1 aromatic heterocycles. The van der Waals surface area contributed by atoms with E-state index >= 15 is 0 Å². The Bertz CT molecular complexity index is 851. The molecule has 136 valence electrons. The minimum Gasteiger partial charge on any atom is -0.460 e. The predicted molar refractivity (Wildman–Crippen MR) is 95.0 cm³/mol. The molecule has 1 aromatic carbocycles. The molecule has 0 aliphatic rings. The Morgan fingerprint density at radius 1 is 1.24 bits per heavy atom. The highest BCUT2D eigenvalue weighted by atomic mass is 35.5. The van der Waals surface area contributed by atoms with E-state index in [1.807, 2.05) is 0 Å². The number of nitro benzene ring substituents is 1. The monoisotopic (exact) mass is 387 g/mol. The minimum atomic E-state index is -3.19. The van der Waals surface area contributed by atoms with Crippen molar-refractivity contribution < 1.29 is 17.8 Å². The Morgan fingerprint density at radius 3 is 2.64 bits per heavy atom. The summed E-state index contributed by atoms with van der Waals surface area (Å²) in [6.07, 6.45) is 0. The normalized spacial score (nSPS) is 11.6. The van der Waals surface area contributed by atoms with Crippen LogP contribution in [-0.2, 0) is 16.6 Å². The molecule has 0 saturated heterocycles. The van der Waals surface area contributed by atoms with E-state index in [1.165, 1.54) is 18.2 Å². The van der Waals surface area contributed by atoms with Crippen molar-refractivity contribution in [1.82, 2.24) is 10.0 Å². The molecule has 0 unspecified atom stereocenters. The van der Waals surface area contributed by atoms with Gasteiger partial charge in [-0.1, -0.05) is 11.6 Å². The summed E-state index contributed by atoms with van der Waals surface area (Å²) in [5.41, 5.74) is 0.478. The molecule has 0 radical (unpaired) electrons. The Kier molecular flexibility index (Phi) is 6.54. The minimum absolute atomic E-state index is 0.0462. The van der Waals surface area contributed by atoms with Crippen molar-refractivity contribution in [3.8, 4) is 11.3 Å². The zero-order chi connectivity index (χ0) is 18.4. The maximum absolute atomic E-state index is 11.3. The van der Waals surface area contributed by atoms with Gasteiger partial charge in [0.2, 0.25) is 10.0 Å². The van der Waals surface area contributed by atoms with Crippen LogP contribution in [0.25, 0.3) is 11.3 Å². The van der Waals surface area contributed by atoms with Gasteiger partial charge in [0.1, 0.15) is 11.5 Å². The zero-order valence-electron chi connectivity index (χ0n) is 13.5. The first-order valence-electron chi connectivity index (χ1n) is 7.53. The van der Waals surface area contributed by atoms with Gasteiger partial charge in [-0.25, -0.2) is 13.1 Å². The molecule has 0 spiro atoms. The lowest BCUT2D eigenvalue weighted by molar-refractivity contribution is -0.384. The van der Waals surface area contributed by atoms with Gasteiger partial charge in [-0.15, -0.1) is 0 Å². The molecule has 8 nitrogen and oxygen atoms in total. The van der Waals surface area contributed by atoms with Crippen molar-refractivity contribution >= 4 is 27.3 Å². The average molecular weight is 388 g/mol. The van der Waals surface area contributed by atoms with Crippen LogP contribution in [0.5, 0.6) is 0 Å². The van der Waals surface area contributed by atoms with Gasteiger partial charge in [-0.05, 0) is 25.1 Å². The summed E-state index contributed by atoms with van der Waals surface area (Å²) >= 11 is 6.07. The van der Waals surface area contributed by atoms with Crippen LogP contribution in [0.2, 0.25) is 5.02 Å². The van der Waals surface area contributed by atoms with E-state index in [0.29, 0.717) is 30.2 Å². The molecule has 0 atom stereocenters. The molecule has 2 N–H and O–H groups in total. The summed E-state index contributed by atoms with van der Waals surface area (Å²) in [6.45, 7) is 2.73. The van der Waals surface area contributed by atoms with Crippen LogP contribution in [-0.4, -0.2) is 32.2 Å². The number of sulfonamides is 1. The van der Waals surface area contributed by atoms with E-state index in [0.717, 1.165) is 0 Å². The summed E-state index contributed by atoms with van der Waals surface area (Å²) in [4.78, 5) is 10.2. The highest BCUT2D eigenvalue weighted by Gasteiger charge is 2.13. The molecule has 2 rings (SSSR count). The van der Waals surface area contributed by atoms with Gasteiger partial charge >= 0.3 is 0 Å². The van der Waals surface area contributed by atoms with E-state index in [1.54, 1.807) is 19.1 Å². The van der Waals surface area contributed by atoms with Gasteiger partial charge in [-0.3, -0.25) is 10.1 Å². The first-order valence-corrected chi connectivity index (χ1v) is 9.56.